The maximum atomic E-state index is 11.0. The Kier molecular flexibility index (Phi) is 2.74. The van der Waals surface area contributed by atoms with Crippen molar-refractivity contribution in [3.63, 3.8) is 0 Å². The van der Waals surface area contributed by atoms with Crippen LogP contribution in [0.3, 0.4) is 0 Å². The third-order valence-corrected chi connectivity index (χ3v) is 1.21. The maximum Gasteiger partial charge on any atom is 0.250 e. The largest absolute Gasteiger partial charge is 0.395 e. The smallest absolute Gasteiger partial charge is 0.250 e. The Morgan fingerprint density at radius 3 is 3.09 bits per heavy atom. The molecular formula is C6H9N3O2. The van der Waals surface area contributed by atoms with Crippen LogP contribution in [0.2, 0.25) is 0 Å². The number of carbonyl (C=O) groups excluding carboxylic acids is 1. The second kappa shape index (κ2) is 3.82. The van der Waals surface area contributed by atoms with Crippen LogP contribution in [0.4, 0.5) is 0 Å². The van der Waals surface area contributed by atoms with Gasteiger partial charge in [-0.25, -0.2) is 0 Å². The van der Waals surface area contributed by atoms with Crippen LogP contribution in [0.1, 0.15) is 0 Å². The van der Waals surface area contributed by atoms with Crippen molar-refractivity contribution in [2.45, 2.75) is 6.04 Å². The molecule has 60 valence electrons. The van der Waals surface area contributed by atoms with Crippen molar-refractivity contribution in [1.82, 2.24) is 5.32 Å². The van der Waals surface area contributed by atoms with Gasteiger partial charge in [0.2, 0.25) is 0 Å². The zero-order valence-corrected chi connectivity index (χ0v) is 5.90. The SMILES string of the molecule is O=C(NCCO)[C@H]1C=CN=N1. The highest BCUT2D eigenvalue weighted by Crippen LogP contribution is 2.02. The zero-order valence-electron chi connectivity index (χ0n) is 5.90. The molecule has 0 aromatic rings. The summed E-state index contributed by atoms with van der Waals surface area (Å²) in [5.74, 6) is -0.225. The van der Waals surface area contributed by atoms with Gasteiger partial charge in [0.05, 0.1) is 6.61 Å². The van der Waals surface area contributed by atoms with Crippen LogP contribution < -0.4 is 5.32 Å². The molecule has 0 aromatic carbocycles. The van der Waals surface area contributed by atoms with Crippen molar-refractivity contribution >= 4 is 5.91 Å². The lowest BCUT2D eigenvalue weighted by Crippen LogP contribution is -2.33. The number of azo groups is 1. The van der Waals surface area contributed by atoms with E-state index in [2.05, 4.69) is 15.5 Å². The first-order valence-corrected chi connectivity index (χ1v) is 3.30. The molecule has 5 nitrogen and oxygen atoms in total. The minimum absolute atomic E-state index is 0.0562. The minimum atomic E-state index is -0.499. The normalized spacial score (nSPS) is 20.6. The maximum absolute atomic E-state index is 11.0. The van der Waals surface area contributed by atoms with E-state index in [1.54, 1.807) is 6.08 Å². The van der Waals surface area contributed by atoms with E-state index in [4.69, 9.17) is 5.11 Å². The van der Waals surface area contributed by atoms with E-state index < -0.39 is 6.04 Å². The molecule has 1 amide bonds. The molecule has 1 atom stereocenters. The van der Waals surface area contributed by atoms with Gasteiger partial charge in [-0.2, -0.15) is 10.2 Å². The molecular weight excluding hydrogens is 146 g/mol. The van der Waals surface area contributed by atoms with Gasteiger partial charge in [-0.15, -0.1) is 0 Å². The summed E-state index contributed by atoms with van der Waals surface area (Å²) >= 11 is 0. The van der Waals surface area contributed by atoms with Crippen molar-refractivity contribution in [2.75, 3.05) is 13.2 Å². The summed E-state index contributed by atoms with van der Waals surface area (Å²) in [6.07, 6.45) is 3.07. The predicted octanol–water partition coefficient (Wildman–Crippen LogP) is -0.557. The van der Waals surface area contributed by atoms with Crippen LogP contribution in [0.5, 0.6) is 0 Å². The van der Waals surface area contributed by atoms with Crippen LogP contribution in [-0.2, 0) is 4.79 Å². The molecule has 0 saturated carbocycles. The number of nitrogens with one attached hydrogen (secondary N) is 1. The summed E-state index contributed by atoms with van der Waals surface area (Å²) in [7, 11) is 0. The van der Waals surface area contributed by atoms with Crippen LogP contribution in [0.15, 0.2) is 22.5 Å². The van der Waals surface area contributed by atoms with Gasteiger partial charge >= 0.3 is 0 Å². The van der Waals surface area contributed by atoms with Crippen molar-refractivity contribution in [3.05, 3.63) is 12.3 Å². The Morgan fingerprint density at radius 1 is 1.73 bits per heavy atom. The highest BCUT2D eigenvalue weighted by molar-refractivity contribution is 5.84. The second-order valence-electron chi connectivity index (χ2n) is 2.03. The van der Waals surface area contributed by atoms with E-state index in [1.807, 2.05) is 0 Å². The van der Waals surface area contributed by atoms with Crippen LogP contribution >= 0.6 is 0 Å². The van der Waals surface area contributed by atoms with E-state index in [-0.39, 0.29) is 19.1 Å². The summed E-state index contributed by atoms with van der Waals surface area (Å²) in [4.78, 5) is 11.0. The van der Waals surface area contributed by atoms with Crippen molar-refractivity contribution in [2.24, 2.45) is 10.2 Å². The van der Waals surface area contributed by atoms with Gasteiger partial charge in [0, 0.05) is 12.7 Å². The standard InChI is InChI=1S/C6H9N3O2/c10-4-3-7-6(11)5-1-2-8-9-5/h1-2,5,10H,3-4H2,(H,7,11)/t5-/m1/s1. The molecule has 0 radical (unpaired) electrons. The van der Waals surface area contributed by atoms with Gasteiger partial charge in [0.1, 0.15) is 0 Å². The molecule has 0 aromatic heterocycles. The molecule has 1 aliphatic heterocycles. The van der Waals surface area contributed by atoms with Gasteiger partial charge in [0.15, 0.2) is 6.04 Å². The number of aliphatic hydroxyl groups is 1. The van der Waals surface area contributed by atoms with Gasteiger partial charge in [-0.1, -0.05) is 0 Å². The first-order valence-electron chi connectivity index (χ1n) is 3.30. The van der Waals surface area contributed by atoms with E-state index >= 15 is 0 Å². The summed E-state index contributed by atoms with van der Waals surface area (Å²) in [6.45, 7) is 0.206. The number of carbonyl (C=O) groups is 1. The minimum Gasteiger partial charge on any atom is -0.395 e. The summed E-state index contributed by atoms with van der Waals surface area (Å²) in [5.41, 5.74) is 0. The lowest BCUT2D eigenvalue weighted by molar-refractivity contribution is -0.121. The number of aliphatic hydroxyl groups excluding tert-OH is 1. The third-order valence-electron chi connectivity index (χ3n) is 1.21. The molecule has 1 rings (SSSR count). The lowest BCUT2D eigenvalue weighted by Gasteiger charge is -2.03. The Balaban J connectivity index is 2.30. The van der Waals surface area contributed by atoms with E-state index in [0.717, 1.165) is 0 Å². The molecule has 0 saturated heterocycles. The first kappa shape index (κ1) is 7.87. The average molecular weight is 155 g/mol. The molecule has 2 N–H and O–H groups in total. The summed E-state index contributed by atoms with van der Waals surface area (Å²) < 4.78 is 0. The van der Waals surface area contributed by atoms with Gasteiger partial charge in [-0.05, 0) is 6.08 Å². The predicted molar refractivity (Wildman–Crippen MR) is 37.9 cm³/mol. The highest BCUT2D eigenvalue weighted by atomic mass is 16.3. The van der Waals surface area contributed by atoms with Crippen molar-refractivity contribution in [1.29, 1.82) is 0 Å². The number of hydrogen-bond donors (Lipinski definition) is 2. The molecule has 1 heterocycles. The Hall–Kier alpha value is -1.23. The fraction of sp³-hybridized carbons (Fsp3) is 0.500. The fourth-order valence-corrected chi connectivity index (χ4v) is 0.692. The third kappa shape index (κ3) is 2.12. The van der Waals surface area contributed by atoms with Crippen molar-refractivity contribution < 1.29 is 9.90 Å². The van der Waals surface area contributed by atoms with E-state index in [1.165, 1.54) is 6.20 Å². The molecule has 0 fully saturated rings. The van der Waals surface area contributed by atoms with Crippen LogP contribution in [-0.4, -0.2) is 30.2 Å². The molecule has 0 bridgehead atoms. The Bertz CT molecular complexity index is 188. The quantitative estimate of drug-likeness (QED) is 0.573. The average Bonchev–Trinajstić information content (AvgIpc) is 2.52. The van der Waals surface area contributed by atoms with Crippen molar-refractivity contribution in [3.8, 4) is 0 Å². The molecule has 1 aliphatic rings. The van der Waals surface area contributed by atoms with E-state index in [0.29, 0.717) is 0 Å². The van der Waals surface area contributed by atoms with Gasteiger partial charge < -0.3 is 10.4 Å². The first-order chi connectivity index (χ1) is 5.34. The lowest BCUT2D eigenvalue weighted by atomic mass is 10.3. The second-order valence-corrected chi connectivity index (χ2v) is 2.03. The summed E-state index contributed by atoms with van der Waals surface area (Å²) in [6, 6.07) is -0.499. The van der Waals surface area contributed by atoms with Crippen LogP contribution in [0.25, 0.3) is 0 Å². The topological polar surface area (TPSA) is 74.0 Å². The highest BCUT2D eigenvalue weighted by Gasteiger charge is 2.15. The zero-order chi connectivity index (χ0) is 8.10. The number of hydrogen-bond acceptors (Lipinski definition) is 4. The summed E-state index contributed by atoms with van der Waals surface area (Å²) in [5, 5.41) is 18.0. The molecule has 0 aliphatic carbocycles. The number of nitrogens with zero attached hydrogens (tertiary/aromatic N) is 2. The van der Waals surface area contributed by atoms with Crippen LogP contribution in [0, 0.1) is 0 Å². The molecule has 0 unspecified atom stereocenters. The molecule has 5 heteroatoms. The molecule has 0 spiro atoms. The molecule has 11 heavy (non-hydrogen) atoms. The fourth-order valence-electron chi connectivity index (χ4n) is 0.692. The van der Waals surface area contributed by atoms with Gasteiger partial charge in [-0.3, -0.25) is 4.79 Å². The Morgan fingerprint density at radius 2 is 2.55 bits per heavy atom. The van der Waals surface area contributed by atoms with E-state index in [9.17, 15) is 4.79 Å². The van der Waals surface area contributed by atoms with Gasteiger partial charge in [0.25, 0.3) is 5.91 Å². The Labute approximate surface area is 63.8 Å². The number of rotatable bonds is 3. The number of amides is 1. The monoisotopic (exact) mass is 155 g/mol.